The Hall–Kier alpha value is -0.610. The maximum absolute atomic E-state index is 12.9. The van der Waals surface area contributed by atoms with E-state index in [1.54, 1.807) is 0 Å². The van der Waals surface area contributed by atoms with Gasteiger partial charge in [0.15, 0.2) is 0 Å². The SMILES string of the molecule is CN1CCC[C@@]2(C)[C@@H]1CCCN2C(=O)CN1CCCCC1. The Balaban J connectivity index is 1.69. The van der Waals surface area contributed by atoms with Gasteiger partial charge < -0.3 is 9.80 Å². The van der Waals surface area contributed by atoms with E-state index in [0.717, 1.165) is 26.1 Å². The molecule has 3 rings (SSSR count). The molecule has 4 nitrogen and oxygen atoms in total. The van der Waals surface area contributed by atoms with Crippen LogP contribution >= 0.6 is 0 Å². The molecule has 3 aliphatic heterocycles. The van der Waals surface area contributed by atoms with Gasteiger partial charge in [0.05, 0.1) is 12.1 Å². The van der Waals surface area contributed by atoms with Crippen LogP contribution in [0.3, 0.4) is 0 Å². The Morgan fingerprint density at radius 1 is 1.05 bits per heavy atom. The summed E-state index contributed by atoms with van der Waals surface area (Å²) in [5, 5.41) is 0. The van der Waals surface area contributed by atoms with Gasteiger partial charge in [0.25, 0.3) is 0 Å². The molecule has 0 aromatic heterocycles. The Morgan fingerprint density at radius 2 is 1.81 bits per heavy atom. The molecule has 1 amide bonds. The van der Waals surface area contributed by atoms with E-state index < -0.39 is 0 Å². The lowest BCUT2D eigenvalue weighted by Crippen LogP contribution is -2.67. The zero-order chi connectivity index (χ0) is 14.9. The third kappa shape index (κ3) is 2.98. The second-order valence-corrected chi connectivity index (χ2v) is 7.48. The molecular formula is C17H31N3O. The van der Waals surface area contributed by atoms with Crippen molar-refractivity contribution in [2.45, 2.75) is 63.5 Å². The summed E-state index contributed by atoms with van der Waals surface area (Å²) >= 11 is 0. The molecule has 3 saturated heterocycles. The number of carbonyl (C=O) groups is 1. The molecular weight excluding hydrogens is 262 g/mol. The van der Waals surface area contributed by atoms with E-state index in [9.17, 15) is 4.79 Å². The van der Waals surface area contributed by atoms with Gasteiger partial charge in [-0.1, -0.05) is 6.42 Å². The summed E-state index contributed by atoms with van der Waals surface area (Å²) in [6.45, 7) is 7.35. The Bertz CT molecular complexity index is 380. The minimum Gasteiger partial charge on any atom is -0.335 e. The molecule has 3 heterocycles. The van der Waals surface area contributed by atoms with Crippen LogP contribution in [0.4, 0.5) is 0 Å². The highest BCUT2D eigenvalue weighted by atomic mass is 16.2. The Morgan fingerprint density at radius 3 is 2.57 bits per heavy atom. The molecule has 0 unspecified atom stereocenters. The number of amides is 1. The van der Waals surface area contributed by atoms with Gasteiger partial charge in [-0.2, -0.15) is 0 Å². The molecule has 0 aliphatic carbocycles. The van der Waals surface area contributed by atoms with Crippen LogP contribution < -0.4 is 0 Å². The summed E-state index contributed by atoms with van der Waals surface area (Å²) in [6, 6.07) is 0.560. The molecule has 3 fully saturated rings. The van der Waals surface area contributed by atoms with Crippen LogP contribution in [-0.4, -0.2) is 72.0 Å². The van der Waals surface area contributed by atoms with Gasteiger partial charge in [-0.15, -0.1) is 0 Å². The summed E-state index contributed by atoms with van der Waals surface area (Å²) in [5.74, 6) is 0.374. The largest absolute Gasteiger partial charge is 0.335 e. The fourth-order valence-electron chi connectivity index (χ4n) is 4.83. The Kier molecular flexibility index (Phi) is 4.55. The first-order chi connectivity index (χ1) is 10.1. The topological polar surface area (TPSA) is 26.8 Å². The van der Waals surface area contributed by atoms with E-state index in [2.05, 4.69) is 28.7 Å². The molecule has 0 radical (unpaired) electrons. The van der Waals surface area contributed by atoms with E-state index in [0.29, 0.717) is 18.5 Å². The second kappa shape index (κ2) is 6.25. The standard InChI is InChI=1S/C17H31N3O/c1-17-9-7-10-18(2)15(17)8-6-13-20(17)16(21)14-19-11-4-3-5-12-19/h15H,3-14H2,1-2H3/t15-,17-/m0/s1. The van der Waals surface area contributed by atoms with Crippen LogP contribution in [0, 0.1) is 0 Å². The average molecular weight is 293 g/mol. The monoisotopic (exact) mass is 293 g/mol. The highest BCUT2D eigenvalue weighted by Gasteiger charge is 2.47. The van der Waals surface area contributed by atoms with E-state index in [4.69, 9.17) is 0 Å². The number of likely N-dealkylation sites (tertiary alicyclic amines) is 3. The lowest BCUT2D eigenvalue weighted by Gasteiger charge is -2.56. The van der Waals surface area contributed by atoms with Crippen LogP contribution in [0.2, 0.25) is 0 Å². The number of carbonyl (C=O) groups excluding carboxylic acids is 1. The first-order valence-electron chi connectivity index (χ1n) is 8.84. The summed E-state index contributed by atoms with van der Waals surface area (Å²) in [4.78, 5) is 20.0. The third-order valence-electron chi connectivity index (χ3n) is 6.03. The second-order valence-electron chi connectivity index (χ2n) is 7.48. The number of hydrogen-bond acceptors (Lipinski definition) is 3. The van der Waals surface area contributed by atoms with Crippen molar-refractivity contribution in [3.63, 3.8) is 0 Å². The molecule has 0 aromatic carbocycles. The molecule has 4 heteroatoms. The molecule has 2 atom stereocenters. The van der Waals surface area contributed by atoms with Gasteiger partial charge in [-0.05, 0) is 72.1 Å². The number of nitrogens with zero attached hydrogens (tertiary/aromatic N) is 3. The van der Waals surface area contributed by atoms with Gasteiger partial charge in [-0.25, -0.2) is 0 Å². The fourth-order valence-corrected chi connectivity index (χ4v) is 4.83. The highest BCUT2D eigenvalue weighted by Crippen LogP contribution is 2.38. The smallest absolute Gasteiger partial charge is 0.237 e. The minimum absolute atomic E-state index is 0.0676. The van der Waals surface area contributed by atoms with Crippen LogP contribution in [-0.2, 0) is 4.79 Å². The van der Waals surface area contributed by atoms with Crippen molar-refractivity contribution >= 4 is 5.91 Å². The van der Waals surface area contributed by atoms with Crippen molar-refractivity contribution in [2.75, 3.05) is 39.8 Å². The lowest BCUT2D eigenvalue weighted by atomic mass is 9.76. The van der Waals surface area contributed by atoms with Gasteiger partial charge in [0.1, 0.15) is 0 Å². The van der Waals surface area contributed by atoms with Crippen molar-refractivity contribution in [1.82, 2.24) is 14.7 Å². The first kappa shape index (κ1) is 15.3. The number of hydrogen-bond donors (Lipinski definition) is 0. The maximum atomic E-state index is 12.9. The minimum atomic E-state index is 0.0676. The van der Waals surface area contributed by atoms with Crippen molar-refractivity contribution in [3.8, 4) is 0 Å². The number of rotatable bonds is 2. The van der Waals surface area contributed by atoms with Crippen molar-refractivity contribution < 1.29 is 4.79 Å². The van der Waals surface area contributed by atoms with E-state index in [1.807, 2.05) is 0 Å². The van der Waals surface area contributed by atoms with E-state index in [-0.39, 0.29) is 5.54 Å². The quantitative estimate of drug-likeness (QED) is 0.778. The molecule has 0 bridgehead atoms. The van der Waals surface area contributed by atoms with Crippen molar-refractivity contribution in [3.05, 3.63) is 0 Å². The number of likely N-dealkylation sites (N-methyl/N-ethyl adjacent to an activating group) is 1. The molecule has 21 heavy (non-hydrogen) atoms. The predicted molar refractivity (Wildman–Crippen MR) is 85.3 cm³/mol. The number of piperidine rings is 3. The van der Waals surface area contributed by atoms with Crippen LogP contribution in [0.5, 0.6) is 0 Å². The Labute approximate surface area is 129 Å². The molecule has 0 saturated carbocycles. The van der Waals surface area contributed by atoms with Gasteiger partial charge >= 0.3 is 0 Å². The summed E-state index contributed by atoms with van der Waals surface area (Å²) < 4.78 is 0. The molecule has 0 spiro atoms. The van der Waals surface area contributed by atoms with E-state index in [1.165, 1.54) is 45.1 Å². The van der Waals surface area contributed by atoms with Crippen LogP contribution in [0.25, 0.3) is 0 Å². The average Bonchev–Trinajstić information content (AvgIpc) is 2.47. The molecule has 0 aromatic rings. The first-order valence-corrected chi connectivity index (χ1v) is 8.84. The van der Waals surface area contributed by atoms with Gasteiger partial charge in [0.2, 0.25) is 5.91 Å². The van der Waals surface area contributed by atoms with Crippen LogP contribution in [0.15, 0.2) is 0 Å². The molecule has 120 valence electrons. The zero-order valence-corrected chi connectivity index (χ0v) is 13.8. The van der Waals surface area contributed by atoms with Crippen molar-refractivity contribution in [2.24, 2.45) is 0 Å². The van der Waals surface area contributed by atoms with Gasteiger partial charge in [0, 0.05) is 12.6 Å². The zero-order valence-electron chi connectivity index (χ0n) is 13.8. The lowest BCUT2D eigenvalue weighted by molar-refractivity contribution is -0.147. The van der Waals surface area contributed by atoms with Crippen molar-refractivity contribution in [1.29, 1.82) is 0 Å². The normalized spacial score (nSPS) is 35.5. The predicted octanol–water partition coefficient (Wildman–Crippen LogP) is 1.95. The maximum Gasteiger partial charge on any atom is 0.237 e. The summed E-state index contributed by atoms with van der Waals surface area (Å²) in [6.07, 6.45) is 8.66. The van der Waals surface area contributed by atoms with Gasteiger partial charge in [-0.3, -0.25) is 9.69 Å². The summed E-state index contributed by atoms with van der Waals surface area (Å²) in [5.41, 5.74) is 0.0676. The number of fused-ring (bicyclic) bond motifs is 1. The third-order valence-corrected chi connectivity index (χ3v) is 6.03. The highest BCUT2D eigenvalue weighted by molar-refractivity contribution is 5.79. The fraction of sp³-hybridized carbons (Fsp3) is 0.941. The molecule has 0 N–H and O–H groups in total. The van der Waals surface area contributed by atoms with Crippen LogP contribution in [0.1, 0.15) is 51.9 Å². The summed E-state index contributed by atoms with van der Waals surface area (Å²) in [7, 11) is 2.24. The molecule has 3 aliphatic rings. The van der Waals surface area contributed by atoms with E-state index >= 15 is 0 Å².